The minimum absolute atomic E-state index is 0.225. The Morgan fingerprint density at radius 3 is 2.09 bits per heavy atom. The van der Waals surface area contributed by atoms with Gasteiger partial charge < -0.3 is 0 Å². The summed E-state index contributed by atoms with van der Waals surface area (Å²) in [5, 5.41) is 11.3. The minimum atomic E-state index is -0.271. The van der Waals surface area contributed by atoms with Crippen molar-refractivity contribution in [2.45, 2.75) is 38.4 Å². The van der Waals surface area contributed by atoms with Crippen LogP contribution in [0.2, 0.25) is 0 Å². The molecule has 1 fully saturated rings. The fourth-order valence-electron chi connectivity index (χ4n) is 4.63. The Hall–Kier alpha value is -3.02. The van der Waals surface area contributed by atoms with Crippen molar-refractivity contribution < 1.29 is 4.92 Å². The number of benzene rings is 3. The van der Waals surface area contributed by atoms with Crippen molar-refractivity contribution in [2.75, 3.05) is 19.6 Å². The Bertz CT molecular complexity index is 986. The van der Waals surface area contributed by atoms with Crippen LogP contribution < -0.4 is 0 Å². The summed E-state index contributed by atoms with van der Waals surface area (Å²) in [5.74, 6) is 0. The second kappa shape index (κ2) is 11.0. The zero-order valence-corrected chi connectivity index (χ0v) is 18.5. The normalized spacial score (nSPS) is 15.2. The third kappa shape index (κ3) is 6.02. The fourth-order valence-corrected chi connectivity index (χ4v) is 4.63. The first-order valence-corrected chi connectivity index (χ1v) is 11.5. The van der Waals surface area contributed by atoms with E-state index in [1.54, 1.807) is 12.1 Å². The van der Waals surface area contributed by atoms with E-state index in [1.807, 2.05) is 12.1 Å². The third-order valence-electron chi connectivity index (χ3n) is 6.41. The third-order valence-corrected chi connectivity index (χ3v) is 6.41. The lowest BCUT2D eigenvalue weighted by Gasteiger charge is -2.38. The highest BCUT2D eigenvalue weighted by Gasteiger charge is 2.26. The summed E-state index contributed by atoms with van der Waals surface area (Å²) in [6.45, 7) is 4.57. The summed E-state index contributed by atoms with van der Waals surface area (Å²) in [6, 6.07) is 29.0. The molecule has 0 amide bonds. The predicted molar refractivity (Wildman–Crippen MR) is 128 cm³/mol. The molecule has 4 rings (SSSR count). The number of para-hydroxylation sites is 1. The first kappa shape index (κ1) is 22.2. The zero-order chi connectivity index (χ0) is 22.2. The van der Waals surface area contributed by atoms with Gasteiger partial charge in [-0.25, -0.2) is 0 Å². The summed E-state index contributed by atoms with van der Waals surface area (Å²) < 4.78 is 0. The summed E-state index contributed by atoms with van der Waals surface area (Å²) in [6.07, 6.45) is 3.22. The molecule has 0 spiro atoms. The van der Waals surface area contributed by atoms with E-state index in [2.05, 4.69) is 70.5 Å². The number of hydrogen-bond donors (Lipinski definition) is 0. The van der Waals surface area contributed by atoms with E-state index in [-0.39, 0.29) is 10.6 Å². The quantitative estimate of drug-likeness (QED) is 0.342. The van der Waals surface area contributed by atoms with Gasteiger partial charge in [0.15, 0.2) is 0 Å². The maximum atomic E-state index is 11.3. The van der Waals surface area contributed by atoms with Crippen LogP contribution in [0.3, 0.4) is 0 Å². The van der Waals surface area contributed by atoms with Crippen molar-refractivity contribution in [2.24, 2.45) is 0 Å². The monoisotopic (exact) mass is 429 g/mol. The average Bonchev–Trinajstić information content (AvgIpc) is 2.84. The molecule has 0 atom stereocenters. The molecule has 0 aliphatic carbocycles. The first-order valence-electron chi connectivity index (χ1n) is 11.5. The maximum Gasteiger partial charge on any atom is 0.273 e. The molecular weight excluding hydrogens is 398 g/mol. The SMILES string of the molecule is O=[N+]([O-])c1ccccc1CN1CCC(N(CCc2ccccc2)Cc2ccccc2)CC1. The lowest BCUT2D eigenvalue weighted by Crippen LogP contribution is -2.45. The van der Waals surface area contributed by atoms with E-state index in [4.69, 9.17) is 0 Å². The molecule has 0 N–H and O–H groups in total. The molecule has 0 saturated carbocycles. The van der Waals surface area contributed by atoms with Crippen molar-refractivity contribution in [1.82, 2.24) is 9.80 Å². The topological polar surface area (TPSA) is 49.6 Å². The Morgan fingerprint density at radius 1 is 0.844 bits per heavy atom. The number of likely N-dealkylation sites (tertiary alicyclic amines) is 1. The summed E-state index contributed by atoms with van der Waals surface area (Å²) in [5.41, 5.74) is 3.76. The molecule has 0 bridgehead atoms. The van der Waals surface area contributed by atoms with Crippen LogP contribution >= 0.6 is 0 Å². The fraction of sp³-hybridized carbons (Fsp3) is 0.333. The van der Waals surface area contributed by atoms with Crippen LogP contribution in [0.25, 0.3) is 0 Å². The molecule has 166 valence electrons. The van der Waals surface area contributed by atoms with Crippen molar-refractivity contribution in [3.8, 4) is 0 Å². The Balaban J connectivity index is 1.38. The molecular formula is C27H31N3O2. The molecule has 1 saturated heterocycles. The molecule has 1 heterocycles. The van der Waals surface area contributed by atoms with E-state index < -0.39 is 0 Å². The highest BCUT2D eigenvalue weighted by molar-refractivity contribution is 5.39. The van der Waals surface area contributed by atoms with Gasteiger partial charge in [0.25, 0.3) is 5.69 Å². The molecule has 0 radical (unpaired) electrons. The lowest BCUT2D eigenvalue weighted by molar-refractivity contribution is -0.385. The number of rotatable bonds is 9. The molecule has 1 aliphatic heterocycles. The second-order valence-electron chi connectivity index (χ2n) is 8.58. The van der Waals surface area contributed by atoms with Gasteiger partial charge in [0, 0.05) is 37.3 Å². The zero-order valence-electron chi connectivity index (χ0n) is 18.5. The molecule has 32 heavy (non-hydrogen) atoms. The molecule has 5 nitrogen and oxygen atoms in total. The van der Waals surface area contributed by atoms with Crippen molar-refractivity contribution >= 4 is 5.69 Å². The number of piperidine rings is 1. The van der Waals surface area contributed by atoms with Gasteiger partial charge in [0.05, 0.1) is 4.92 Å². The molecule has 5 heteroatoms. The highest BCUT2D eigenvalue weighted by Crippen LogP contribution is 2.24. The van der Waals surface area contributed by atoms with Crippen LogP contribution in [0.5, 0.6) is 0 Å². The van der Waals surface area contributed by atoms with E-state index in [0.29, 0.717) is 12.6 Å². The van der Waals surface area contributed by atoms with Gasteiger partial charge in [-0.1, -0.05) is 78.9 Å². The molecule has 3 aromatic carbocycles. The highest BCUT2D eigenvalue weighted by atomic mass is 16.6. The van der Waals surface area contributed by atoms with Crippen molar-refractivity contribution in [3.05, 3.63) is 112 Å². The molecule has 3 aromatic rings. The van der Waals surface area contributed by atoms with E-state index in [0.717, 1.165) is 51.0 Å². The van der Waals surface area contributed by atoms with Crippen LogP contribution in [0.15, 0.2) is 84.9 Å². The van der Waals surface area contributed by atoms with Gasteiger partial charge in [-0.3, -0.25) is 19.9 Å². The minimum Gasteiger partial charge on any atom is -0.299 e. The first-order chi connectivity index (χ1) is 15.7. The van der Waals surface area contributed by atoms with Crippen LogP contribution in [0.4, 0.5) is 5.69 Å². The predicted octanol–water partition coefficient (Wildman–Crippen LogP) is 5.30. The second-order valence-corrected chi connectivity index (χ2v) is 8.58. The van der Waals surface area contributed by atoms with Gasteiger partial charge in [0.1, 0.15) is 0 Å². The van der Waals surface area contributed by atoms with E-state index >= 15 is 0 Å². The van der Waals surface area contributed by atoms with E-state index in [1.165, 1.54) is 11.1 Å². The molecule has 0 aromatic heterocycles. The Morgan fingerprint density at radius 2 is 1.44 bits per heavy atom. The van der Waals surface area contributed by atoms with Crippen LogP contribution in [0.1, 0.15) is 29.5 Å². The number of nitro benzene ring substituents is 1. The van der Waals surface area contributed by atoms with Crippen LogP contribution in [0, 0.1) is 10.1 Å². The van der Waals surface area contributed by atoms with Gasteiger partial charge in [-0.15, -0.1) is 0 Å². The van der Waals surface area contributed by atoms with Crippen molar-refractivity contribution in [3.63, 3.8) is 0 Å². The number of nitro groups is 1. The maximum absolute atomic E-state index is 11.3. The Kier molecular flexibility index (Phi) is 7.64. The smallest absolute Gasteiger partial charge is 0.273 e. The summed E-state index contributed by atoms with van der Waals surface area (Å²) >= 11 is 0. The average molecular weight is 430 g/mol. The van der Waals surface area contributed by atoms with Crippen LogP contribution in [-0.4, -0.2) is 40.4 Å². The molecule has 1 aliphatic rings. The number of nitrogens with zero attached hydrogens (tertiary/aromatic N) is 3. The lowest BCUT2D eigenvalue weighted by atomic mass is 10.00. The number of hydrogen-bond acceptors (Lipinski definition) is 4. The largest absolute Gasteiger partial charge is 0.299 e. The standard InChI is InChI=1S/C27H31N3O2/c31-30(32)27-14-8-7-13-25(27)22-28-18-16-26(17-19-28)29(21-24-11-5-2-6-12-24)20-15-23-9-3-1-4-10-23/h1-14,26H,15-22H2. The molecule has 0 unspecified atom stereocenters. The van der Waals surface area contributed by atoms with Crippen molar-refractivity contribution in [1.29, 1.82) is 0 Å². The summed E-state index contributed by atoms with van der Waals surface area (Å²) in [7, 11) is 0. The van der Waals surface area contributed by atoms with Gasteiger partial charge >= 0.3 is 0 Å². The van der Waals surface area contributed by atoms with Crippen LogP contribution in [-0.2, 0) is 19.5 Å². The Labute approximate surface area is 190 Å². The summed E-state index contributed by atoms with van der Waals surface area (Å²) in [4.78, 5) is 16.1. The van der Waals surface area contributed by atoms with Gasteiger partial charge in [0.2, 0.25) is 0 Å². The van der Waals surface area contributed by atoms with Gasteiger partial charge in [-0.05, 0) is 43.5 Å². The van der Waals surface area contributed by atoms with Gasteiger partial charge in [-0.2, -0.15) is 0 Å². The van der Waals surface area contributed by atoms with E-state index in [9.17, 15) is 10.1 Å².